The molecule has 6 nitrogen and oxygen atoms in total. The molecule has 1 fully saturated rings. The fraction of sp³-hybridized carbons (Fsp3) is 0.625. The zero-order chi connectivity index (χ0) is 17.5. The molecular weight excluding hydrogens is 348 g/mol. The van der Waals surface area contributed by atoms with Crippen LogP contribution in [-0.4, -0.2) is 54.1 Å². The molecule has 3 N–H and O–H groups in total. The molecule has 0 radical (unpaired) electrons. The van der Waals surface area contributed by atoms with Crippen molar-refractivity contribution < 1.29 is 9.90 Å². The highest BCUT2D eigenvalue weighted by molar-refractivity contribution is 7.16. The molecule has 2 unspecified atom stereocenters. The van der Waals surface area contributed by atoms with Crippen LogP contribution in [0.1, 0.15) is 37.7 Å². The van der Waals surface area contributed by atoms with Gasteiger partial charge in [-0.3, -0.25) is 9.79 Å². The number of likely N-dealkylation sites (tertiary alicyclic amines) is 1. The SMILES string of the molecule is CCNC(=NCC(O)c1ccc(Cl)s1)NC1CCN(C(=O)CC)C1. The van der Waals surface area contributed by atoms with Crippen molar-refractivity contribution in [1.82, 2.24) is 15.5 Å². The average molecular weight is 373 g/mol. The third-order valence-electron chi connectivity index (χ3n) is 3.87. The Labute approximate surface area is 151 Å². The number of carbonyl (C=O) groups excluding carboxylic acids is 1. The molecule has 1 aliphatic rings. The van der Waals surface area contributed by atoms with Crippen molar-refractivity contribution >= 4 is 34.8 Å². The number of aliphatic hydroxyl groups excluding tert-OH is 1. The lowest BCUT2D eigenvalue weighted by atomic mass is 10.2. The maximum Gasteiger partial charge on any atom is 0.222 e. The van der Waals surface area contributed by atoms with Crippen LogP contribution in [0.5, 0.6) is 0 Å². The normalized spacial score (nSPS) is 19.4. The maximum absolute atomic E-state index is 11.8. The van der Waals surface area contributed by atoms with Gasteiger partial charge in [0.25, 0.3) is 0 Å². The quantitative estimate of drug-likeness (QED) is 0.527. The van der Waals surface area contributed by atoms with Gasteiger partial charge in [0.1, 0.15) is 6.10 Å². The van der Waals surface area contributed by atoms with Gasteiger partial charge in [-0.2, -0.15) is 0 Å². The van der Waals surface area contributed by atoms with Crippen molar-refractivity contribution in [1.29, 1.82) is 0 Å². The summed E-state index contributed by atoms with van der Waals surface area (Å²) in [5.74, 6) is 0.848. The van der Waals surface area contributed by atoms with E-state index in [-0.39, 0.29) is 18.5 Å². The number of hydrogen-bond acceptors (Lipinski definition) is 4. The number of aliphatic hydroxyl groups is 1. The van der Waals surface area contributed by atoms with Gasteiger partial charge in [-0.15, -0.1) is 11.3 Å². The van der Waals surface area contributed by atoms with Crippen LogP contribution in [0.25, 0.3) is 0 Å². The van der Waals surface area contributed by atoms with Crippen LogP contribution in [0.3, 0.4) is 0 Å². The number of nitrogens with one attached hydrogen (secondary N) is 2. The van der Waals surface area contributed by atoms with E-state index in [1.807, 2.05) is 24.8 Å². The first-order valence-electron chi connectivity index (χ1n) is 8.29. The predicted octanol–water partition coefficient (Wildman–Crippen LogP) is 2.00. The third kappa shape index (κ3) is 5.36. The summed E-state index contributed by atoms with van der Waals surface area (Å²) < 4.78 is 0.657. The van der Waals surface area contributed by atoms with Crippen molar-refractivity contribution in [2.75, 3.05) is 26.2 Å². The molecule has 2 heterocycles. The van der Waals surface area contributed by atoms with Crippen molar-refractivity contribution in [2.24, 2.45) is 4.99 Å². The Balaban J connectivity index is 1.90. The first-order valence-corrected chi connectivity index (χ1v) is 9.48. The van der Waals surface area contributed by atoms with E-state index in [9.17, 15) is 9.90 Å². The molecule has 8 heteroatoms. The Morgan fingerprint density at radius 2 is 2.33 bits per heavy atom. The molecule has 134 valence electrons. The van der Waals surface area contributed by atoms with Crippen LogP contribution in [-0.2, 0) is 4.79 Å². The molecular formula is C16H25ClN4O2S. The fourth-order valence-electron chi connectivity index (χ4n) is 2.62. The van der Waals surface area contributed by atoms with E-state index in [1.165, 1.54) is 11.3 Å². The van der Waals surface area contributed by atoms with Crippen molar-refractivity contribution in [2.45, 2.75) is 38.8 Å². The Bertz CT molecular complexity index is 578. The monoisotopic (exact) mass is 372 g/mol. The van der Waals surface area contributed by atoms with Gasteiger partial charge in [0.2, 0.25) is 5.91 Å². The zero-order valence-corrected chi connectivity index (χ0v) is 15.7. The second-order valence-electron chi connectivity index (χ2n) is 5.70. The number of carbonyl (C=O) groups is 1. The lowest BCUT2D eigenvalue weighted by Crippen LogP contribution is -2.45. The number of nitrogens with zero attached hydrogens (tertiary/aromatic N) is 2. The van der Waals surface area contributed by atoms with E-state index in [0.717, 1.165) is 24.4 Å². The molecule has 1 aliphatic heterocycles. The highest BCUT2D eigenvalue weighted by Gasteiger charge is 2.25. The van der Waals surface area contributed by atoms with Crippen LogP contribution in [0.15, 0.2) is 17.1 Å². The van der Waals surface area contributed by atoms with Crippen LogP contribution < -0.4 is 10.6 Å². The smallest absolute Gasteiger partial charge is 0.222 e. The van der Waals surface area contributed by atoms with Crippen LogP contribution >= 0.6 is 22.9 Å². The first kappa shape index (κ1) is 19.0. The minimum absolute atomic E-state index is 0.186. The van der Waals surface area contributed by atoms with E-state index in [0.29, 0.717) is 23.3 Å². The van der Waals surface area contributed by atoms with Gasteiger partial charge in [0.05, 0.1) is 10.9 Å². The molecule has 1 amide bonds. The number of aliphatic imine (C=N–C) groups is 1. The van der Waals surface area contributed by atoms with E-state index in [2.05, 4.69) is 15.6 Å². The standard InChI is InChI=1S/C16H25ClN4O2S/c1-3-15(23)21-8-7-11(10-21)20-16(18-4-2)19-9-12(22)13-5-6-14(17)24-13/h5-6,11-12,22H,3-4,7-10H2,1-2H3,(H2,18,19,20). The molecule has 1 aromatic heterocycles. The minimum atomic E-state index is -0.667. The molecule has 1 aromatic rings. The van der Waals surface area contributed by atoms with Gasteiger partial charge in [-0.25, -0.2) is 0 Å². The Morgan fingerprint density at radius 3 is 2.96 bits per heavy atom. The predicted molar refractivity (Wildman–Crippen MR) is 98.7 cm³/mol. The summed E-state index contributed by atoms with van der Waals surface area (Å²) in [7, 11) is 0. The van der Waals surface area contributed by atoms with E-state index < -0.39 is 6.10 Å². The molecule has 1 saturated heterocycles. The number of amides is 1. The van der Waals surface area contributed by atoms with E-state index in [4.69, 9.17) is 11.6 Å². The fourth-order valence-corrected chi connectivity index (χ4v) is 3.65. The van der Waals surface area contributed by atoms with E-state index >= 15 is 0 Å². The highest BCUT2D eigenvalue weighted by Crippen LogP contribution is 2.26. The summed E-state index contributed by atoms with van der Waals surface area (Å²) in [6.45, 7) is 6.34. The van der Waals surface area contributed by atoms with Gasteiger partial charge in [0.15, 0.2) is 5.96 Å². The summed E-state index contributed by atoms with van der Waals surface area (Å²) >= 11 is 7.26. The number of rotatable bonds is 6. The summed E-state index contributed by atoms with van der Waals surface area (Å²) in [6, 6.07) is 3.78. The van der Waals surface area contributed by atoms with Gasteiger partial charge in [-0.1, -0.05) is 18.5 Å². The number of halogens is 1. The summed E-state index contributed by atoms with van der Waals surface area (Å²) in [6.07, 6.45) is 0.773. The van der Waals surface area contributed by atoms with Gasteiger partial charge >= 0.3 is 0 Å². The third-order valence-corrected chi connectivity index (χ3v) is 5.21. The van der Waals surface area contributed by atoms with E-state index in [1.54, 1.807) is 6.07 Å². The largest absolute Gasteiger partial charge is 0.386 e. The highest BCUT2D eigenvalue weighted by atomic mass is 35.5. The molecule has 24 heavy (non-hydrogen) atoms. The topological polar surface area (TPSA) is 77.0 Å². The van der Waals surface area contributed by atoms with Crippen LogP contribution in [0.2, 0.25) is 4.34 Å². The summed E-state index contributed by atoms with van der Waals surface area (Å²) in [5, 5.41) is 16.7. The minimum Gasteiger partial charge on any atom is -0.386 e. The molecule has 2 rings (SSSR count). The summed E-state index contributed by atoms with van der Waals surface area (Å²) in [5.41, 5.74) is 0. The molecule has 0 spiro atoms. The molecule has 0 bridgehead atoms. The molecule has 2 atom stereocenters. The molecule has 0 saturated carbocycles. The Hall–Kier alpha value is -1.31. The van der Waals surface area contributed by atoms with Crippen molar-refractivity contribution in [3.05, 3.63) is 21.3 Å². The van der Waals surface area contributed by atoms with Gasteiger partial charge < -0.3 is 20.6 Å². The Morgan fingerprint density at radius 1 is 1.54 bits per heavy atom. The van der Waals surface area contributed by atoms with Gasteiger partial charge in [-0.05, 0) is 25.5 Å². The maximum atomic E-state index is 11.8. The van der Waals surface area contributed by atoms with Crippen molar-refractivity contribution in [3.63, 3.8) is 0 Å². The lowest BCUT2D eigenvalue weighted by Gasteiger charge is -2.19. The zero-order valence-electron chi connectivity index (χ0n) is 14.1. The van der Waals surface area contributed by atoms with Crippen LogP contribution in [0, 0.1) is 0 Å². The molecule has 0 aromatic carbocycles. The number of hydrogen-bond donors (Lipinski definition) is 3. The van der Waals surface area contributed by atoms with Gasteiger partial charge in [0, 0.05) is 37.0 Å². The van der Waals surface area contributed by atoms with Crippen molar-refractivity contribution in [3.8, 4) is 0 Å². The number of guanidine groups is 1. The van der Waals surface area contributed by atoms with Crippen LogP contribution in [0.4, 0.5) is 0 Å². The molecule has 0 aliphatic carbocycles. The average Bonchev–Trinajstić information content (AvgIpc) is 3.21. The Kier molecular flexibility index (Phi) is 7.33. The summed E-state index contributed by atoms with van der Waals surface area (Å²) in [4.78, 5) is 18.9. The second kappa shape index (κ2) is 9.25. The second-order valence-corrected chi connectivity index (χ2v) is 7.45. The lowest BCUT2D eigenvalue weighted by molar-refractivity contribution is -0.129. The first-order chi connectivity index (χ1) is 11.5. The number of thiophene rings is 1.